The van der Waals surface area contributed by atoms with Gasteiger partial charge in [0.2, 0.25) is 0 Å². The van der Waals surface area contributed by atoms with Gasteiger partial charge in [0.05, 0.1) is 6.61 Å². The van der Waals surface area contributed by atoms with Crippen LogP contribution in [-0.4, -0.2) is 42.6 Å². The van der Waals surface area contributed by atoms with Gasteiger partial charge in [0.1, 0.15) is 5.56 Å². The monoisotopic (exact) mass is 388 g/mol. The fourth-order valence-electron chi connectivity index (χ4n) is 1.35. The summed E-state index contributed by atoms with van der Waals surface area (Å²) in [6, 6.07) is 0. The van der Waals surface area contributed by atoms with Gasteiger partial charge in [-0.15, -0.1) is 0 Å². The van der Waals surface area contributed by atoms with Crippen molar-refractivity contribution in [2.45, 2.75) is 16.8 Å². The first-order valence-corrected chi connectivity index (χ1v) is 8.20. The highest BCUT2D eigenvalue weighted by Crippen LogP contribution is 2.22. The molecule has 1 unspecified atom stereocenters. The molecule has 0 radical (unpaired) electrons. The number of sulfonamides is 1. The summed E-state index contributed by atoms with van der Waals surface area (Å²) in [7, 11) is -1.29. The summed E-state index contributed by atoms with van der Waals surface area (Å²) in [5.74, 6) is -0.787. The van der Waals surface area contributed by atoms with E-state index in [2.05, 4.69) is 31.2 Å². The molecule has 20 heavy (non-hydrogen) atoms. The number of carbonyl (C=O) groups excluding carboxylic acids is 1. The van der Waals surface area contributed by atoms with Crippen LogP contribution in [-0.2, 0) is 21.9 Å². The summed E-state index contributed by atoms with van der Waals surface area (Å²) < 4.78 is 26.9. The second-order valence-corrected chi connectivity index (χ2v) is 7.55. The van der Waals surface area contributed by atoms with Gasteiger partial charge in [-0.2, -0.15) is 5.10 Å². The number of hydrogen-bond donors (Lipinski definition) is 2. The molecule has 1 rings (SSSR count). The standard InChI is InChI=1S/C9H14BrClN4O4S/c1-5(10)4-19-14-8(16)6-7(11)13-15(3)9(6)20(17,18)12-2/h5,12H,4H2,1-3H3,(H,14,16). The molecular weight excluding hydrogens is 376 g/mol. The predicted molar refractivity (Wildman–Crippen MR) is 76.3 cm³/mol. The minimum Gasteiger partial charge on any atom is -0.272 e. The van der Waals surface area contributed by atoms with Crippen molar-refractivity contribution >= 4 is 43.5 Å². The molecule has 1 atom stereocenters. The van der Waals surface area contributed by atoms with Crippen molar-refractivity contribution in [2.75, 3.05) is 13.7 Å². The normalized spacial score (nSPS) is 13.2. The molecule has 2 N–H and O–H groups in total. The third-order valence-corrected chi connectivity index (χ3v) is 4.22. The van der Waals surface area contributed by atoms with Crippen LogP contribution in [0.2, 0.25) is 5.15 Å². The van der Waals surface area contributed by atoms with Gasteiger partial charge in [-0.05, 0) is 7.05 Å². The van der Waals surface area contributed by atoms with Crippen molar-refractivity contribution in [3.8, 4) is 0 Å². The number of rotatable bonds is 6. The van der Waals surface area contributed by atoms with Gasteiger partial charge in [-0.25, -0.2) is 18.6 Å². The van der Waals surface area contributed by atoms with Crippen LogP contribution < -0.4 is 10.2 Å². The number of alkyl halides is 1. The van der Waals surface area contributed by atoms with E-state index in [1.54, 1.807) is 0 Å². The molecule has 0 bridgehead atoms. The van der Waals surface area contributed by atoms with Crippen LogP contribution in [0, 0.1) is 0 Å². The lowest BCUT2D eigenvalue weighted by atomic mass is 10.3. The molecular formula is C9H14BrClN4O4S. The Balaban J connectivity index is 3.09. The number of carbonyl (C=O) groups is 1. The van der Waals surface area contributed by atoms with Crippen LogP contribution in [0.4, 0.5) is 0 Å². The summed E-state index contributed by atoms with van der Waals surface area (Å²) in [5.41, 5.74) is 1.85. The highest BCUT2D eigenvalue weighted by atomic mass is 79.9. The predicted octanol–water partition coefficient (Wildman–Crippen LogP) is 0.426. The van der Waals surface area contributed by atoms with Crippen LogP contribution in [0.1, 0.15) is 17.3 Å². The molecule has 0 saturated heterocycles. The minimum absolute atomic E-state index is 0.0210. The Morgan fingerprint density at radius 1 is 1.60 bits per heavy atom. The van der Waals surface area contributed by atoms with Crippen molar-refractivity contribution in [2.24, 2.45) is 7.05 Å². The molecule has 0 aromatic carbocycles. The Morgan fingerprint density at radius 3 is 2.70 bits per heavy atom. The quantitative estimate of drug-likeness (QED) is 0.542. The van der Waals surface area contributed by atoms with E-state index < -0.39 is 15.9 Å². The first kappa shape index (κ1) is 17.4. The van der Waals surface area contributed by atoms with Crippen LogP contribution in [0.3, 0.4) is 0 Å². The first-order valence-electron chi connectivity index (χ1n) is 5.43. The Kier molecular flexibility index (Phi) is 5.95. The molecule has 1 amide bonds. The number of hydroxylamine groups is 1. The average molecular weight is 390 g/mol. The number of aryl methyl sites for hydroxylation is 1. The number of aromatic nitrogens is 2. The van der Waals surface area contributed by atoms with Gasteiger partial charge >= 0.3 is 0 Å². The fraction of sp³-hybridized carbons (Fsp3) is 0.556. The van der Waals surface area contributed by atoms with Gasteiger partial charge in [0.15, 0.2) is 10.2 Å². The molecule has 0 aliphatic rings. The van der Waals surface area contributed by atoms with E-state index in [0.29, 0.717) is 0 Å². The van der Waals surface area contributed by atoms with Crippen LogP contribution >= 0.6 is 27.5 Å². The zero-order valence-electron chi connectivity index (χ0n) is 11.0. The Labute approximate surface area is 129 Å². The van der Waals surface area contributed by atoms with E-state index in [9.17, 15) is 13.2 Å². The summed E-state index contributed by atoms with van der Waals surface area (Å²) in [5, 5.41) is 3.16. The van der Waals surface area contributed by atoms with E-state index in [1.165, 1.54) is 14.1 Å². The fourth-order valence-corrected chi connectivity index (χ4v) is 2.86. The average Bonchev–Trinajstić information content (AvgIpc) is 2.64. The molecule has 114 valence electrons. The van der Waals surface area contributed by atoms with Gasteiger partial charge in [-0.3, -0.25) is 14.3 Å². The Bertz CT molecular complexity index is 601. The Hall–Kier alpha value is -0.680. The molecule has 11 heteroatoms. The van der Waals surface area contributed by atoms with Crippen LogP contribution in [0.25, 0.3) is 0 Å². The maximum absolute atomic E-state index is 12.0. The van der Waals surface area contributed by atoms with Crippen LogP contribution in [0.15, 0.2) is 5.03 Å². The molecule has 1 aromatic rings. The number of amides is 1. The first-order chi connectivity index (χ1) is 9.20. The lowest BCUT2D eigenvalue weighted by Gasteiger charge is -2.08. The zero-order chi connectivity index (χ0) is 15.5. The van der Waals surface area contributed by atoms with Gasteiger partial charge in [0.25, 0.3) is 15.9 Å². The summed E-state index contributed by atoms with van der Waals surface area (Å²) in [6.45, 7) is 2.03. The highest BCUT2D eigenvalue weighted by Gasteiger charge is 2.30. The molecule has 0 saturated carbocycles. The van der Waals surface area contributed by atoms with Gasteiger partial charge < -0.3 is 0 Å². The second kappa shape index (κ2) is 6.85. The van der Waals surface area contributed by atoms with Gasteiger partial charge in [-0.1, -0.05) is 34.5 Å². The highest BCUT2D eigenvalue weighted by molar-refractivity contribution is 9.09. The van der Waals surface area contributed by atoms with Crippen LogP contribution in [0.5, 0.6) is 0 Å². The third-order valence-electron chi connectivity index (χ3n) is 2.18. The molecule has 8 nitrogen and oxygen atoms in total. The Morgan fingerprint density at radius 2 is 2.20 bits per heavy atom. The summed E-state index contributed by atoms with van der Waals surface area (Å²) in [6.07, 6.45) is 0. The van der Waals surface area contributed by atoms with E-state index >= 15 is 0 Å². The summed E-state index contributed by atoms with van der Waals surface area (Å²) >= 11 is 9.03. The topological polar surface area (TPSA) is 102 Å². The maximum Gasteiger partial charge on any atom is 0.281 e. The molecule has 1 heterocycles. The van der Waals surface area contributed by atoms with E-state index in [1.807, 2.05) is 6.92 Å². The molecule has 0 aliphatic heterocycles. The summed E-state index contributed by atoms with van der Waals surface area (Å²) in [4.78, 5) is 16.9. The van der Waals surface area contributed by atoms with Gasteiger partial charge in [0, 0.05) is 11.9 Å². The lowest BCUT2D eigenvalue weighted by molar-refractivity contribution is 0.0329. The lowest BCUT2D eigenvalue weighted by Crippen LogP contribution is -2.30. The second-order valence-electron chi connectivity index (χ2n) is 3.83. The zero-order valence-corrected chi connectivity index (χ0v) is 14.1. The van der Waals surface area contributed by atoms with Crippen molar-refractivity contribution in [3.05, 3.63) is 10.7 Å². The van der Waals surface area contributed by atoms with Crippen molar-refractivity contribution < 1.29 is 18.0 Å². The maximum atomic E-state index is 12.0. The minimum atomic E-state index is -3.88. The molecule has 1 aromatic heterocycles. The smallest absolute Gasteiger partial charge is 0.272 e. The molecule has 0 spiro atoms. The van der Waals surface area contributed by atoms with E-state index in [4.69, 9.17) is 16.4 Å². The van der Waals surface area contributed by atoms with Crippen molar-refractivity contribution in [1.82, 2.24) is 20.0 Å². The number of nitrogens with one attached hydrogen (secondary N) is 2. The number of nitrogens with zero attached hydrogens (tertiary/aromatic N) is 2. The number of halogens is 2. The van der Waals surface area contributed by atoms with Crippen molar-refractivity contribution in [3.63, 3.8) is 0 Å². The van der Waals surface area contributed by atoms with Crippen molar-refractivity contribution in [1.29, 1.82) is 0 Å². The SMILES string of the molecule is CNS(=O)(=O)c1c(C(=O)NOCC(C)Br)c(Cl)nn1C. The molecule has 0 fully saturated rings. The molecule has 0 aliphatic carbocycles. The van der Waals surface area contributed by atoms with E-state index in [0.717, 1.165) is 4.68 Å². The third kappa shape index (κ3) is 3.92. The number of hydrogen-bond acceptors (Lipinski definition) is 5. The van der Waals surface area contributed by atoms with E-state index in [-0.39, 0.29) is 27.2 Å². The largest absolute Gasteiger partial charge is 0.281 e.